The fourth-order valence-corrected chi connectivity index (χ4v) is 2.65. The van der Waals surface area contributed by atoms with Crippen LogP contribution in [-0.4, -0.2) is 20.3 Å². The van der Waals surface area contributed by atoms with E-state index in [0.29, 0.717) is 24.0 Å². The van der Waals surface area contributed by atoms with Gasteiger partial charge in [0.25, 0.3) is 0 Å². The maximum atomic E-state index is 11.6. The fourth-order valence-electron chi connectivity index (χ4n) is 2.20. The van der Waals surface area contributed by atoms with Crippen molar-refractivity contribution in [2.45, 2.75) is 39.7 Å². The quantitative estimate of drug-likeness (QED) is 0.519. The summed E-state index contributed by atoms with van der Waals surface area (Å²) in [6.45, 7) is 6.25. The minimum Gasteiger partial charge on any atom is -0.324 e. The maximum absolute atomic E-state index is 11.6. The molecule has 2 nitrogen and oxygen atoms in total. The Morgan fingerprint density at radius 1 is 1.79 bits per heavy atom. The molecule has 1 unspecified atom stereocenters. The molecule has 0 aromatic rings. The Hall–Kier alpha value is 0.0449. The number of hydrogen-bond acceptors (Lipinski definition) is 3. The van der Waals surface area contributed by atoms with Gasteiger partial charge in [-0.2, -0.15) is 0 Å². The molecular weight excluding hydrogens is 195 g/mol. The van der Waals surface area contributed by atoms with E-state index < -0.39 is 0 Å². The molecule has 0 aromatic carbocycles. The van der Waals surface area contributed by atoms with Crippen LogP contribution in [0.2, 0.25) is 0 Å². The van der Waals surface area contributed by atoms with Crippen LogP contribution in [0.5, 0.6) is 0 Å². The molecule has 0 amide bonds. The Morgan fingerprint density at radius 2 is 2.50 bits per heavy atom. The van der Waals surface area contributed by atoms with E-state index in [1.807, 2.05) is 6.92 Å². The van der Waals surface area contributed by atoms with Gasteiger partial charge in [0, 0.05) is 12.3 Å². The molecule has 1 saturated carbocycles. The molecule has 1 fully saturated rings. The summed E-state index contributed by atoms with van der Waals surface area (Å²) in [6.07, 6.45) is 1.66. The van der Waals surface area contributed by atoms with Crippen LogP contribution in [0.3, 0.4) is 0 Å². The summed E-state index contributed by atoms with van der Waals surface area (Å²) in [5.41, 5.74) is 0. The molecule has 4 heteroatoms. The van der Waals surface area contributed by atoms with E-state index in [-0.39, 0.29) is 12.0 Å². The Labute approximate surface area is 93.0 Å². The van der Waals surface area contributed by atoms with Gasteiger partial charge in [-0.25, -0.2) is 0 Å². The van der Waals surface area contributed by atoms with Crippen molar-refractivity contribution >= 4 is 24.8 Å². The summed E-state index contributed by atoms with van der Waals surface area (Å²) in [4.78, 5) is 11.6. The van der Waals surface area contributed by atoms with E-state index >= 15 is 0 Å². The van der Waals surface area contributed by atoms with Crippen molar-refractivity contribution in [3.05, 3.63) is 0 Å². The Morgan fingerprint density at radius 3 is 3.07 bits per heavy atom. The highest BCUT2D eigenvalue weighted by Gasteiger charge is 2.40. The third kappa shape index (κ3) is 2.77. The van der Waals surface area contributed by atoms with Crippen LogP contribution in [0.15, 0.2) is 0 Å². The van der Waals surface area contributed by atoms with Gasteiger partial charge in [-0.05, 0) is 19.6 Å². The number of ketones is 1. The van der Waals surface area contributed by atoms with Gasteiger partial charge in [-0.3, -0.25) is 4.79 Å². The molecule has 3 atom stereocenters. The van der Waals surface area contributed by atoms with Gasteiger partial charge in [0.15, 0.2) is 0 Å². The molecular formula is C10H18BO2S. The molecule has 1 rings (SSSR count). The van der Waals surface area contributed by atoms with Crippen LogP contribution >= 0.6 is 11.9 Å². The van der Waals surface area contributed by atoms with Gasteiger partial charge in [0.2, 0.25) is 7.09 Å². The third-order valence-corrected chi connectivity index (χ3v) is 3.20. The zero-order valence-corrected chi connectivity index (χ0v) is 9.84. The standard InChI is InChI=1S/C10H18BO2S/c1-6(2)4-8-5-9(12)7(3)10(8)13-14-11/h6-8,10-11H,4-5H2,1-3H3/t7?,8-,10-/m1/s1/i11T. The Balaban J connectivity index is 2.56. The molecule has 1 aliphatic rings. The van der Waals surface area contributed by atoms with Crippen LogP contribution in [0, 0.1) is 17.8 Å². The lowest BCUT2D eigenvalue weighted by molar-refractivity contribution is -0.121. The van der Waals surface area contributed by atoms with Crippen molar-refractivity contribution in [2.24, 2.45) is 17.8 Å². The predicted molar refractivity (Wildman–Crippen MR) is 61.3 cm³/mol. The van der Waals surface area contributed by atoms with E-state index in [4.69, 9.17) is 5.52 Å². The monoisotopic (exact) mass is 215 g/mol. The van der Waals surface area contributed by atoms with Crippen molar-refractivity contribution < 1.29 is 8.98 Å². The highest BCUT2D eigenvalue weighted by atomic mass is 32.2. The molecule has 0 heterocycles. The predicted octanol–water partition coefficient (Wildman–Crippen LogP) is 2.11. The largest absolute Gasteiger partial charge is 0.324 e. The maximum Gasteiger partial charge on any atom is 0.209 e. The van der Waals surface area contributed by atoms with Crippen molar-refractivity contribution in [1.29, 1.82) is 1.34 Å². The average Bonchev–Trinajstić information content (AvgIpc) is 2.40. The van der Waals surface area contributed by atoms with Gasteiger partial charge in [0.05, 0.1) is 6.10 Å². The Kier molecular flexibility index (Phi) is 3.94. The zero-order valence-electron chi connectivity index (χ0n) is 10.0. The van der Waals surface area contributed by atoms with Crippen LogP contribution in [0.1, 0.15) is 33.6 Å². The van der Waals surface area contributed by atoms with E-state index in [0.717, 1.165) is 18.3 Å². The van der Waals surface area contributed by atoms with E-state index in [9.17, 15) is 4.79 Å². The van der Waals surface area contributed by atoms with E-state index in [1.54, 1.807) is 0 Å². The number of rotatable bonds is 5. The van der Waals surface area contributed by atoms with Crippen LogP contribution < -0.4 is 0 Å². The van der Waals surface area contributed by atoms with Crippen molar-refractivity contribution in [2.75, 3.05) is 0 Å². The summed E-state index contributed by atoms with van der Waals surface area (Å²) in [5, 5.41) is 0. The second-order valence-corrected chi connectivity index (χ2v) is 4.89. The number of Topliss-reactive ketones (excluding diaryl/α,β-unsaturated/α-hetero) is 1. The molecule has 0 saturated heterocycles. The minimum absolute atomic E-state index is 0.00787. The second kappa shape index (κ2) is 5.22. The topological polar surface area (TPSA) is 26.3 Å². The van der Waals surface area contributed by atoms with Crippen LogP contribution in [0.4, 0.5) is 0 Å². The zero-order chi connectivity index (χ0) is 11.4. The summed E-state index contributed by atoms with van der Waals surface area (Å²) in [7, 11) is 1.17. The van der Waals surface area contributed by atoms with Gasteiger partial charge in [0.1, 0.15) is 5.78 Å². The van der Waals surface area contributed by atoms with Gasteiger partial charge >= 0.3 is 0 Å². The van der Waals surface area contributed by atoms with Crippen LogP contribution in [0.25, 0.3) is 0 Å². The lowest BCUT2D eigenvalue weighted by atomic mass is 9.93. The highest BCUT2D eigenvalue weighted by Crippen LogP contribution is 2.36. The highest BCUT2D eigenvalue weighted by molar-refractivity contribution is 8.15. The molecule has 0 bridgehead atoms. The molecule has 1 aliphatic carbocycles. The first-order chi connectivity index (χ1) is 7.06. The smallest absolute Gasteiger partial charge is 0.209 e. The third-order valence-electron chi connectivity index (χ3n) is 2.87. The van der Waals surface area contributed by atoms with Crippen molar-refractivity contribution in [1.82, 2.24) is 0 Å². The normalized spacial score (nSPS) is 33.6. The fraction of sp³-hybridized carbons (Fsp3) is 0.900. The molecule has 0 N–H and O–H groups in total. The van der Waals surface area contributed by atoms with E-state index in [2.05, 4.69) is 13.8 Å². The molecule has 0 aromatic heterocycles. The van der Waals surface area contributed by atoms with E-state index in [1.165, 1.54) is 7.09 Å². The van der Waals surface area contributed by atoms with Gasteiger partial charge in [-0.1, -0.05) is 32.7 Å². The number of hydrogen-bond donors (Lipinski definition) is 0. The number of carbonyl (C=O) groups excluding carboxylic acids is 1. The average molecular weight is 215 g/mol. The van der Waals surface area contributed by atoms with Gasteiger partial charge in [-0.15, -0.1) is 0 Å². The lowest BCUT2D eigenvalue weighted by Gasteiger charge is -2.22. The molecule has 79 valence electrons. The molecule has 1 radical (unpaired) electrons. The molecule has 14 heavy (non-hydrogen) atoms. The van der Waals surface area contributed by atoms with Gasteiger partial charge < -0.3 is 4.18 Å². The summed E-state index contributed by atoms with van der Waals surface area (Å²) < 4.78 is 12.4. The minimum atomic E-state index is -0.0128. The SMILES string of the molecule is [3H][B]SO[C@@H]1C(C)C(=O)C[C@H]1CC(C)C. The Bertz CT molecular complexity index is 225. The first kappa shape index (κ1) is 10.6. The van der Waals surface area contributed by atoms with Crippen LogP contribution in [-0.2, 0) is 8.98 Å². The molecule has 0 aliphatic heterocycles. The second-order valence-electron chi connectivity index (χ2n) is 4.51. The first-order valence-electron chi connectivity index (χ1n) is 5.69. The van der Waals surface area contributed by atoms with Crippen molar-refractivity contribution in [3.63, 3.8) is 0 Å². The summed E-state index contributed by atoms with van der Waals surface area (Å²) in [6, 6.07) is 0. The first-order valence-corrected chi connectivity index (χ1v) is 5.91. The lowest BCUT2D eigenvalue weighted by Crippen LogP contribution is -2.23. The van der Waals surface area contributed by atoms with Crippen molar-refractivity contribution in [3.8, 4) is 0 Å². The summed E-state index contributed by atoms with van der Waals surface area (Å²) >= 11 is 1.03. The summed E-state index contributed by atoms with van der Waals surface area (Å²) in [5.74, 6) is 1.21. The molecule has 0 spiro atoms. The number of carbonyl (C=O) groups is 1.